The quantitative estimate of drug-likeness (QED) is 0.556. The number of aromatic hydroxyl groups is 1. The molecule has 1 N–H and O–H groups in total. The van der Waals surface area contributed by atoms with Gasteiger partial charge in [0, 0.05) is 17.4 Å². The number of ether oxygens (including phenoxy) is 1. The van der Waals surface area contributed by atoms with Gasteiger partial charge in [-0.2, -0.15) is 0 Å². The van der Waals surface area contributed by atoms with Crippen LogP contribution in [0.3, 0.4) is 0 Å². The number of hydrogen-bond acceptors (Lipinski definition) is 4. The lowest BCUT2D eigenvalue weighted by molar-refractivity contribution is 0.414. The minimum absolute atomic E-state index is 0.171. The van der Waals surface area contributed by atoms with Gasteiger partial charge in [0.15, 0.2) is 0 Å². The lowest BCUT2D eigenvalue weighted by Gasteiger charge is -2.17. The summed E-state index contributed by atoms with van der Waals surface area (Å²) in [5.41, 5.74) is 4.05. The molecule has 0 spiro atoms. The Morgan fingerprint density at radius 3 is 2.48 bits per heavy atom. The molecular weight excluding hydrogens is 378 g/mol. The van der Waals surface area contributed by atoms with E-state index in [0.29, 0.717) is 5.02 Å². The van der Waals surface area contributed by atoms with Gasteiger partial charge in [-0.3, -0.25) is 4.99 Å². The molecule has 0 fully saturated rings. The molecule has 3 nitrogen and oxygen atoms in total. The molecule has 4 rings (SSSR count). The molecule has 5 heteroatoms. The molecule has 3 aromatic carbocycles. The molecule has 0 amide bonds. The smallest absolute Gasteiger partial charge is 0.118 e. The van der Waals surface area contributed by atoms with Crippen LogP contribution < -0.4 is 4.74 Å². The van der Waals surface area contributed by atoms with E-state index >= 15 is 0 Å². The molecule has 0 bridgehead atoms. The molecule has 136 valence electrons. The highest BCUT2D eigenvalue weighted by atomic mass is 35.5. The van der Waals surface area contributed by atoms with Crippen LogP contribution in [-0.2, 0) is 0 Å². The van der Waals surface area contributed by atoms with E-state index < -0.39 is 0 Å². The molecule has 0 saturated carbocycles. The van der Waals surface area contributed by atoms with Gasteiger partial charge in [-0.25, -0.2) is 0 Å². The van der Waals surface area contributed by atoms with Crippen molar-refractivity contribution in [2.75, 3.05) is 7.11 Å². The van der Waals surface area contributed by atoms with Crippen molar-refractivity contribution >= 4 is 34.8 Å². The molecule has 0 radical (unpaired) electrons. The van der Waals surface area contributed by atoms with Crippen molar-refractivity contribution in [2.24, 2.45) is 4.99 Å². The Bertz CT molecular complexity index is 984. The summed E-state index contributed by atoms with van der Waals surface area (Å²) in [5.74, 6) is 1.08. The van der Waals surface area contributed by atoms with Gasteiger partial charge in [-0.05, 0) is 59.7 Å². The lowest BCUT2D eigenvalue weighted by atomic mass is 10.0. The minimum atomic E-state index is 0.171. The number of benzene rings is 3. The van der Waals surface area contributed by atoms with Crippen LogP contribution in [-0.4, -0.2) is 17.9 Å². The van der Waals surface area contributed by atoms with Crippen molar-refractivity contribution in [3.05, 3.63) is 82.9 Å². The highest BCUT2D eigenvalue weighted by Gasteiger charge is 2.24. The second kappa shape index (κ2) is 7.67. The van der Waals surface area contributed by atoms with Crippen molar-refractivity contribution in [1.29, 1.82) is 0 Å². The Balaban J connectivity index is 1.79. The molecule has 0 aliphatic carbocycles. The van der Waals surface area contributed by atoms with Crippen LogP contribution in [0.1, 0.15) is 22.8 Å². The standard InChI is InChI=1S/C22H18ClNO2S/c1-26-17-11-7-15(8-12-17)21-13-20(14-5-9-16(25)10-6-14)24-19-4-2-3-18(23)22(19)27-21/h2-12,21,25H,13H2,1H3. The zero-order chi connectivity index (χ0) is 18.8. The monoisotopic (exact) mass is 395 g/mol. The van der Waals surface area contributed by atoms with Gasteiger partial charge in [0.25, 0.3) is 0 Å². The van der Waals surface area contributed by atoms with Gasteiger partial charge in [0.2, 0.25) is 0 Å². The van der Waals surface area contributed by atoms with E-state index in [1.807, 2.05) is 42.5 Å². The topological polar surface area (TPSA) is 41.8 Å². The molecule has 3 aromatic rings. The fraction of sp³-hybridized carbons (Fsp3) is 0.136. The van der Waals surface area contributed by atoms with Crippen molar-refractivity contribution < 1.29 is 9.84 Å². The van der Waals surface area contributed by atoms with Gasteiger partial charge < -0.3 is 9.84 Å². The number of phenolic OH excluding ortho intramolecular Hbond substituents is 1. The van der Waals surface area contributed by atoms with Gasteiger partial charge in [0.1, 0.15) is 11.5 Å². The molecule has 1 atom stereocenters. The second-order valence-corrected chi connectivity index (χ2v) is 7.90. The van der Waals surface area contributed by atoms with E-state index in [0.717, 1.165) is 34.0 Å². The number of halogens is 1. The predicted octanol–water partition coefficient (Wildman–Crippen LogP) is 6.41. The molecule has 27 heavy (non-hydrogen) atoms. The van der Waals surface area contributed by atoms with E-state index in [9.17, 15) is 5.11 Å². The Morgan fingerprint density at radius 1 is 1.04 bits per heavy atom. The van der Waals surface area contributed by atoms with Crippen LogP contribution in [0.5, 0.6) is 11.5 Å². The number of methoxy groups -OCH3 is 1. The van der Waals surface area contributed by atoms with Crippen LogP contribution >= 0.6 is 23.4 Å². The molecule has 1 heterocycles. The largest absolute Gasteiger partial charge is 0.508 e. The van der Waals surface area contributed by atoms with Crippen LogP contribution in [0.2, 0.25) is 5.02 Å². The van der Waals surface area contributed by atoms with Gasteiger partial charge in [-0.15, -0.1) is 11.8 Å². The van der Waals surface area contributed by atoms with Crippen LogP contribution in [0, 0.1) is 0 Å². The fourth-order valence-corrected chi connectivity index (χ4v) is 4.63. The number of rotatable bonds is 3. The highest BCUT2D eigenvalue weighted by molar-refractivity contribution is 7.99. The maximum absolute atomic E-state index is 9.61. The minimum Gasteiger partial charge on any atom is -0.508 e. The summed E-state index contributed by atoms with van der Waals surface area (Å²) in [6, 6.07) is 21.1. The zero-order valence-electron chi connectivity index (χ0n) is 14.7. The first-order chi connectivity index (χ1) is 13.1. The van der Waals surface area contributed by atoms with E-state index in [2.05, 4.69) is 12.1 Å². The number of thioether (sulfide) groups is 1. The molecule has 1 unspecified atom stereocenters. The molecular formula is C22H18ClNO2S. The first-order valence-electron chi connectivity index (χ1n) is 8.60. The number of hydrogen-bond donors (Lipinski definition) is 1. The SMILES string of the molecule is COc1ccc(C2CC(c3ccc(O)cc3)=Nc3cccc(Cl)c3S2)cc1. The third-order valence-electron chi connectivity index (χ3n) is 4.53. The Morgan fingerprint density at radius 2 is 1.78 bits per heavy atom. The van der Waals surface area contributed by atoms with E-state index in [4.69, 9.17) is 21.3 Å². The Kier molecular flexibility index (Phi) is 5.10. The maximum atomic E-state index is 9.61. The number of phenols is 1. The third-order valence-corrected chi connectivity index (χ3v) is 6.34. The molecule has 0 aromatic heterocycles. The van der Waals surface area contributed by atoms with Gasteiger partial charge in [0.05, 0.1) is 22.7 Å². The summed E-state index contributed by atoms with van der Waals surface area (Å²) < 4.78 is 5.28. The Labute approximate surface area is 167 Å². The molecule has 0 saturated heterocycles. The lowest BCUT2D eigenvalue weighted by Crippen LogP contribution is -2.05. The van der Waals surface area contributed by atoms with E-state index in [-0.39, 0.29) is 11.0 Å². The van der Waals surface area contributed by atoms with Gasteiger partial charge in [-0.1, -0.05) is 29.8 Å². The third kappa shape index (κ3) is 3.82. The second-order valence-electron chi connectivity index (χ2n) is 6.28. The summed E-state index contributed by atoms with van der Waals surface area (Å²) in [6.45, 7) is 0. The summed E-state index contributed by atoms with van der Waals surface area (Å²) in [5, 5.41) is 10.5. The van der Waals surface area contributed by atoms with Crippen LogP contribution in [0.4, 0.5) is 5.69 Å². The zero-order valence-corrected chi connectivity index (χ0v) is 16.3. The van der Waals surface area contributed by atoms with Crippen molar-refractivity contribution in [3.63, 3.8) is 0 Å². The summed E-state index contributed by atoms with van der Waals surface area (Å²) >= 11 is 8.22. The molecule has 1 aliphatic heterocycles. The average Bonchev–Trinajstić information content (AvgIpc) is 2.89. The van der Waals surface area contributed by atoms with Crippen molar-refractivity contribution in [3.8, 4) is 11.5 Å². The summed E-state index contributed by atoms with van der Waals surface area (Å²) in [4.78, 5) is 5.91. The first kappa shape index (κ1) is 18.0. The summed E-state index contributed by atoms with van der Waals surface area (Å²) in [7, 11) is 1.67. The van der Waals surface area contributed by atoms with Crippen molar-refractivity contribution in [2.45, 2.75) is 16.6 Å². The number of nitrogens with zero attached hydrogens (tertiary/aromatic N) is 1. The average molecular weight is 396 g/mol. The predicted molar refractivity (Wildman–Crippen MR) is 112 cm³/mol. The fourth-order valence-electron chi connectivity index (χ4n) is 3.09. The van der Waals surface area contributed by atoms with Crippen LogP contribution in [0.25, 0.3) is 0 Å². The normalized spacial score (nSPS) is 16.2. The van der Waals surface area contributed by atoms with E-state index in [1.165, 1.54) is 5.56 Å². The summed E-state index contributed by atoms with van der Waals surface area (Å²) in [6.07, 6.45) is 0.757. The molecule has 1 aliphatic rings. The van der Waals surface area contributed by atoms with Crippen molar-refractivity contribution in [1.82, 2.24) is 0 Å². The highest BCUT2D eigenvalue weighted by Crippen LogP contribution is 2.48. The maximum Gasteiger partial charge on any atom is 0.118 e. The Hall–Kier alpha value is -2.43. The first-order valence-corrected chi connectivity index (χ1v) is 9.86. The van der Waals surface area contributed by atoms with E-state index in [1.54, 1.807) is 31.0 Å². The number of aliphatic imine (C=N–C) groups is 1. The van der Waals surface area contributed by atoms with Crippen LogP contribution in [0.15, 0.2) is 76.6 Å². The number of fused-ring (bicyclic) bond motifs is 1. The van der Waals surface area contributed by atoms with Gasteiger partial charge >= 0.3 is 0 Å².